The van der Waals surface area contributed by atoms with Crippen molar-refractivity contribution in [2.24, 2.45) is 5.73 Å². The van der Waals surface area contributed by atoms with E-state index in [2.05, 4.69) is 22.3 Å². The van der Waals surface area contributed by atoms with Crippen LogP contribution in [0.1, 0.15) is 33.9 Å². The summed E-state index contributed by atoms with van der Waals surface area (Å²) in [7, 11) is 0. The number of aromatic nitrogens is 2. The molecule has 2 aromatic rings. The van der Waals surface area contributed by atoms with Crippen LogP contribution in [0, 0.1) is 32.1 Å². The fourth-order valence-electron chi connectivity index (χ4n) is 2.86. The smallest absolute Gasteiger partial charge is 0.244 e. The normalized spacial score (nSPS) is 17.1. The minimum atomic E-state index is -0.238. The predicted molar refractivity (Wildman–Crippen MR) is 78.5 cm³/mol. The van der Waals surface area contributed by atoms with Gasteiger partial charge in [-0.2, -0.15) is 5.26 Å². The third kappa shape index (κ3) is 1.96. The van der Waals surface area contributed by atoms with E-state index in [1.54, 1.807) is 0 Å². The van der Waals surface area contributed by atoms with Crippen LogP contribution >= 0.6 is 0 Å². The Kier molecular flexibility index (Phi) is 2.95. The highest BCUT2D eigenvalue weighted by Crippen LogP contribution is 2.43. The van der Waals surface area contributed by atoms with Gasteiger partial charge in [-0.05, 0) is 31.9 Å². The number of rotatable bonds is 1. The van der Waals surface area contributed by atoms with Crippen LogP contribution in [0.15, 0.2) is 29.7 Å². The van der Waals surface area contributed by atoms with E-state index >= 15 is 0 Å². The average molecular weight is 280 g/mol. The number of fused-ring (bicyclic) bond motifs is 1. The van der Waals surface area contributed by atoms with Crippen LogP contribution in [0.2, 0.25) is 0 Å². The minimum Gasteiger partial charge on any atom is -0.420 e. The maximum Gasteiger partial charge on any atom is 0.244 e. The van der Waals surface area contributed by atoms with Crippen LogP contribution in [-0.2, 0) is 0 Å². The number of hydrogen-bond acceptors (Lipinski definition) is 4. The van der Waals surface area contributed by atoms with Gasteiger partial charge in [0.25, 0.3) is 0 Å². The Morgan fingerprint density at radius 3 is 2.76 bits per heavy atom. The zero-order valence-electron chi connectivity index (χ0n) is 12.2. The van der Waals surface area contributed by atoms with Gasteiger partial charge in [-0.3, -0.25) is 5.10 Å². The van der Waals surface area contributed by atoms with E-state index in [0.29, 0.717) is 11.5 Å². The lowest BCUT2D eigenvalue weighted by molar-refractivity contribution is 0.378. The summed E-state index contributed by atoms with van der Waals surface area (Å²) in [6.45, 7) is 6.00. The maximum absolute atomic E-state index is 9.49. The van der Waals surface area contributed by atoms with Gasteiger partial charge in [0.05, 0.1) is 5.92 Å². The zero-order chi connectivity index (χ0) is 15.1. The number of nitrogens with two attached hydrogens (primary N) is 1. The molecule has 0 fully saturated rings. The zero-order valence-corrected chi connectivity index (χ0v) is 12.2. The molecule has 1 aliphatic rings. The first-order valence-corrected chi connectivity index (χ1v) is 6.72. The van der Waals surface area contributed by atoms with E-state index < -0.39 is 0 Å². The fraction of sp³-hybridized carbons (Fsp3) is 0.250. The molecule has 1 aromatic heterocycles. The van der Waals surface area contributed by atoms with Gasteiger partial charge in [-0.25, -0.2) is 0 Å². The number of nitrogens with one attached hydrogen (secondary N) is 1. The van der Waals surface area contributed by atoms with Gasteiger partial charge in [0.1, 0.15) is 11.6 Å². The predicted octanol–water partition coefficient (Wildman–Crippen LogP) is 2.55. The number of H-pyrrole nitrogens is 1. The van der Waals surface area contributed by atoms with Crippen molar-refractivity contribution in [1.29, 1.82) is 5.26 Å². The summed E-state index contributed by atoms with van der Waals surface area (Å²) in [5, 5.41) is 16.5. The number of nitrogens with zero attached hydrogens (tertiary/aromatic N) is 2. The number of hydrogen-bond donors (Lipinski definition) is 2. The van der Waals surface area contributed by atoms with Crippen molar-refractivity contribution < 1.29 is 4.74 Å². The fourth-order valence-corrected chi connectivity index (χ4v) is 2.86. The van der Waals surface area contributed by atoms with Gasteiger partial charge in [-0.1, -0.05) is 23.8 Å². The second kappa shape index (κ2) is 4.67. The molecule has 3 rings (SSSR count). The molecule has 0 radical (unpaired) electrons. The van der Waals surface area contributed by atoms with Crippen LogP contribution in [0.5, 0.6) is 5.88 Å². The lowest BCUT2D eigenvalue weighted by atomic mass is 9.82. The topological polar surface area (TPSA) is 87.7 Å². The SMILES string of the molecule is Cc1ccc(C2C(C#N)=C(N)Oc3n[nH]c(C)c32)c(C)c1. The molecule has 5 nitrogen and oxygen atoms in total. The highest BCUT2D eigenvalue weighted by Gasteiger charge is 2.34. The molecular weight excluding hydrogens is 264 g/mol. The van der Waals surface area contributed by atoms with Crippen molar-refractivity contribution in [2.45, 2.75) is 26.7 Å². The van der Waals surface area contributed by atoms with E-state index in [1.165, 1.54) is 5.56 Å². The number of aromatic amines is 1. The monoisotopic (exact) mass is 280 g/mol. The highest BCUT2D eigenvalue weighted by molar-refractivity contribution is 5.56. The molecule has 0 bridgehead atoms. The highest BCUT2D eigenvalue weighted by atomic mass is 16.5. The molecule has 1 atom stereocenters. The van der Waals surface area contributed by atoms with Crippen molar-refractivity contribution in [3.8, 4) is 11.9 Å². The third-order valence-corrected chi connectivity index (χ3v) is 3.87. The first kappa shape index (κ1) is 13.3. The molecular formula is C16H16N4O. The summed E-state index contributed by atoms with van der Waals surface area (Å²) in [6.07, 6.45) is 0. The molecule has 3 N–H and O–H groups in total. The molecule has 0 amide bonds. The van der Waals surface area contributed by atoms with Gasteiger partial charge < -0.3 is 10.5 Å². The molecule has 21 heavy (non-hydrogen) atoms. The van der Waals surface area contributed by atoms with Crippen molar-refractivity contribution in [3.05, 3.63) is 57.6 Å². The molecule has 1 aliphatic heterocycles. The Morgan fingerprint density at radius 1 is 1.33 bits per heavy atom. The molecule has 1 aromatic carbocycles. The summed E-state index contributed by atoms with van der Waals surface area (Å²) >= 11 is 0. The van der Waals surface area contributed by atoms with Crippen LogP contribution in [0.25, 0.3) is 0 Å². The Bertz CT molecular complexity index is 795. The molecule has 0 saturated carbocycles. The summed E-state index contributed by atoms with van der Waals surface area (Å²) in [4.78, 5) is 0. The number of allylic oxidation sites excluding steroid dienone is 1. The van der Waals surface area contributed by atoms with Crippen molar-refractivity contribution in [1.82, 2.24) is 10.2 Å². The van der Waals surface area contributed by atoms with Crippen LogP contribution < -0.4 is 10.5 Å². The Balaban J connectivity index is 2.27. The van der Waals surface area contributed by atoms with Gasteiger partial charge in [-0.15, -0.1) is 5.10 Å². The molecule has 0 spiro atoms. The van der Waals surface area contributed by atoms with E-state index in [-0.39, 0.29) is 11.8 Å². The van der Waals surface area contributed by atoms with E-state index in [4.69, 9.17) is 10.5 Å². The van der Waals surface area contributed by atoms with E-state index in [0.717, 1.165) is 22.4 Å². The maximum atomic E-state index is 9.49. The first-order valence-electron chi connectivity index (χ1n) is 6.72. The Labute approximate surface area is 123 Å². The molecule has 5 heteroatoms. The third-order valence-electron chi connectivity index (χ3n) is 3.87. The van der Waals surface area contributed by atoms with Crippen molar-refractivity contribution in [2.75, 3.05) is 0 Å². The lowest BCUT2D eigenvalue weighted by Gasteiger charge is -2.25. The van der Waals surface area contributed by atoms with Crippen molar-refractivity contribution in [3.63, 3.8) is 0 Å². The number of nitriles is 1. The summed E-state index contributed by atoms with van der Waals surface area (Å²) in [5.74, 6) is 0.341. The Morgan fingerprint density at radius 2 is 2.10 bits per heavy atom. The second-order valence-corrected chi connectivity index (χ2v) is 5.35. The van der Waals surface area contributed by atoms with Crippen molar-refractivity contribution >= 4 is 0 Å². The average Bonchev–Trinajstić information content (AvgIpc) is 2.79. The molecule has 106 valence electrons. The molecule has 2 heterocycles. The van der Waals surface area contributed by atoms with E-state index in [9.17, 15) is 5.26 Å². The Hall–Kier alpha value is -2.74. The van der Waals surface area contributed by atoms with Crippen LogP contribution in [0.4, 0.5) is 0 Å². The number of ether oxygens (including phenoxy) is 1. The summed E-state index contributed by atoms with van der Waals surface area (Å²) < 4.78 is 5.46. The van der Waals surface area contributed by atoms with Crippen LogP contribution in [0.3, 0.4) is 0 Å². The summed E-state index contributed by atoms with van der Waals surface area (Å²) in [6, 6.07) is 8.38. The number of benzene rings is 1. The lowest BCUT2D eigenvalue weighted by Crippen LogP contribution is -2.21. The van der Waals surface area contributed by atoms with Gasteiger partial charge in [0.2, 0.25) is 11.8 Å². The molecule has 0 aliphatic carbocycles. The first-order chi connectivity index (χ1) is 10.0. The van der Waals surface area contributed by atoms with Gasteiger partial charge in [0, 0.05) is 11.3 Å². The quantitative estimate of drug-likeness (QED) is 0.840. The van der Waals surface area contributed by atoms with Gasteiger partial charge in [0.15, 0.2) is 0 Å². The van der Waals surface area contributed by atoms with Crippen LogP contribution in [-0.4, -0.2) is 10.2 Å². The molecule has 0 saturated heterocycles. The standard InChI is InChI=1S/C16H16N4O/c1-8-4-5-11(9(2)6-8)14-12(7-17)15(18)21-16-13(14)10(3)19-20-16/h4-6,14H,18H2,1-3H3,(H,19,20). The molecule has 1 unspecified atom stereocenters. The largest absolute Gasteiger partial charge is 0.420 e. The second-order valence-electron chi connectivity index (χ2n) is 5.35. The summed E-state index contributed by atoms with van der Waals surface area (Å²) in [5.41, 5.74) is 11.5. The number of aryl methyl sites for hydroxylation is 3. The van der Waals surface area contributed by atoms with E-state index in [1.807, 2.05) is 32.9 Å². The van der Waals surface area contributed by atoms with Gasteiger partial charge >= 0.3 is 0 Å². The minimum absolute atomic E-state index is 0.126.